The number of aryl methyl sites for hydroxylation is 1. The average molecular weight is 566 g/mol. The van der Waals surface area contributed by atoms with Gasteiger partial charge in [0.1, 0.15) is 0 Å². The lowest BCUT2D eigenvalue weighted by Crippen LogP contribution is -2.49. The third-order valence-corrected chi connectivity index (χ3v) is 9.44. The summed E-state index contributed by atoms with van der Waals surface area (Å²) in [5.41, 5.74) is 6.28. The van der Waals surface area contributed by atoms with E-state index in [1.54, 1.807) is 0 Å². The molecule has 0 aromatic heterocycles. The Balaban J connectivity index is 1.22. The number of carbonyl (C=O) groups excluding carboxylic acids is 2. The van der Waals surface area contributed by atoms with Crippen LogP contribution in [0.25, 0.3) is 0 Å². The van der Waals surface area contributed by atoms with Gasteiger partial charge < -0.3 is 20.6 Å². The molecule has 2 fully saturated rings. The Bertz CT molecular complexity index is 1380. The predicted octanol–water partition coefficient (Wildman–Crippen LogP) is 5.84. The largest absolute Gasteiger partial charge is 0.390 e. The van der Waals surface area contributed by atoms with Crippen LogP contribution in [-0.2, 0) is 17.6 Å². The molecule has 6 nitrogen and oxygen atoms in total. The lowest BCUT2D eigenvalue weighted by Gasteiger charge is -2.30. The molecular formula is C36H43N3O3. The molecule has 2 aliphatic carbocycles. The summed E-state index contributed by atoms with van der Waals surface area (Å²) in [6, 6.07) is 24.3. The predicted molar refractivity (Wildman–Crippen MR) is 167 cm³/mol. The third kappa shape index (κ3) is 6.61. The van der Waals surface area contributed by atoms with E-state index in [2.05, 4.69) is 41.0 Å². The van der Waals surface area contributed by atoms with E-state index < -0.39 is 12.1 Å². The number of rotatable bonds is 10. The average Bonchev–Trinajstić information content (AvgIpc) is 3.72. The molecular weight excluding hydrogens is 522 g/mol. The van der Waals surface area contributed by atoms with Gasteiger partial charge >= 0.3 is 0 Å². The van der Waals surface area contributed by atoms with Crippen LogP contribution in [0.5, 0.6) is 0 Å². The van der Waals surface area contributed by atoms with E-state index in [4.69, 9.17) is 0 Å². The quantitative estimate of drug-likeness (QED) is 0.289. The molecule has 1 unspecified atom stereocenters. The fourth-order valence-corrected chi connectivity index (χ4v) is 7.11. The maximum Gasteiger partial charge on any atom is 0.251 e. The molecule has 2 amide bonds. The van der Waals surface area contributed by atoms with Crippen LogP contribution in [0.3, 0.4) is 0 Å². The van der Waals surface area contributed by atoms with E-state index in [1.165, 1.54) is 24.0 Å². The zero-order chi connectivity index (χ0) is 28.9. The van der Waals surface area contributed by atoms with E-state index in [0.29, 0.717) is 37.4 Å². The Kier molecular flexibility index (Phi) is 9.01. The number of benzene rings is 3. The first-order chi connectivity index (χ1) is 20.5. The molecule has 3 aromatic rings. The fraction of sp³-hybridized carbons (Fsp3) is 0.444. The second kappa shape index (κ2) is 13.2. The van der Waals surface area contributed by atoms with Gasteiger partial charge in [-0.1, -0.05) is 67.4 Å². The van der Waals surface area contributed by atoms with Crippen molar-refractivity contribution in [3.63, 3.8) is 0 Å². The number of fused-ring (bicyclic) bond motifs is 1. The number of hydrogen-bond acceptors (Lipinski definition) is 4. The van der Waals surface area contributed by atoms with Crippen LogP contribution in [0.4, 0.5) is 5.69 Å². The van der Waals surface area contributed by atoms with Gasteiger partial charge in [-0.2, -0.15) is 0 Å². The third-order valence-electron chi connectivity index (χ3n) is 9.44. The van der Waals surface area contributed by atoms with Gasteiger partial charge in [0.05, 0.1) is 12.1 Å². The van der Waals surface area contributed by atoms with Gasteiger partial charge in [-0.25, -0.2) is 0 Å². The number of aliphatic hydroxyl groups is 1. The van der Waals surface area contributed by atoms with Crippen molar-refractivity contribution in [2.45, 2.75) is 88.3 Å². The van der Waals surface area contributed by atoms with Crippen molar-refractivity contribution < 1.29 is 14.7 Å². The second-order valence-electron chi connectivity index (χ2n) is 12.3. The molecule has 3 atom stereocenters. The maximum absolute atomic E-state index is 13.9. The Morgan fingerprint density at radius 1 is 0.905 bits per heavy atom. The summed E-state index contributed by atoms with van der Waals surface area (Å²) in [6.45, 7) is 1.08. The molecule has 0 radical (unpaired) electrons. The minimum absolute atomic E-state index is 0.123. The zero-order valence-electron chi connectivity index (χ0n) is 24.4. The van der Waals surface area contributed by atoms with Crippen LogP contribution in [0, 0.1) is 0 Å². The maximum atomic E-state index is 13.9. The smallest absolute Gasteiger partial charge is 0.251 e. The van der Waals surface area contributed by atoms with Crippen molar-refractivity contribution in [3.8, 4) is 0 Å². The van der Waals surface area contributed by atoms with E-state index in [0.717, 1.165) is 55.3 Å². The van der Waals surface area contributed by atoms with Crippen LogP contribution < -0.4 is 15.5 Å². The van der Waals surface area contributed by atoms with E-state index >= 15 is 0 Å². The summed E-state index contributed by atoms with van der Waals surface area (Å²) < 4.78 is 0. The van der Waals surface area contributed by atoms with Gasteiger partial charge in [0, 0.05) is 36.8 Å². The highest BCUT2D eigenvalue weighted by atomic mass is 16.3. The van der Waals surface area contributed by atoms with Crippen molar-refractivity contribution in [3.05, 3.63) is 101 Å². The SMILES string of the molecule is O=C(N[C@@H](Cc1ccccc1)[C@@H](O)CNC1CCCc2ccccc21)c1cc(C2CCCC2)cc(N2CCCC2=O)c1. The highest BCUT2D eigenvalue weighted by Gasteiger charge is 2.28. The summed E-state index contributed by atoms with van der Waals surface area (Å²) >= 11 is 0. The van der Waals surface area contributed by atoms with Crippen molar-refractivity contribution in [2.24, 2.45) is 0 Å². The number of carbonyl (C=O) groups is 2. The topological polar surface area (TPSA) is 81.7 Å². The van der Waals surface area contributed by atoms with Crippen LogP contribution in [0.15, 0.2) is 72.8 Å². The zero-order valence-corrected chi connectivity index (χ0v) is 24.4. The summed E-state index contributed by atoms with van der Waals surface area (Å²) in [5, 5.41) is 18.3. The molecule has 1 saturated heterocycles. The first kappa shape index (κ1) is 28.6. The summed E-state index contributed by atoms with van der Waals surface area (Å²) in [6.07, 6.45) is 9.02. The van der Waals surface area contributed by atoms with Gasteiger partial charge in [-0.15, -0.1) is 0 Å². The van der Waals surface area contributed by atoms with Crippen LogP contribution >= 0.6 is 0 Å². The first-order valence-corrected chi connectivity index (χ1v) is 15.8. The van der Waals surface area contributed by atoms with E-state index in [-0.39, 0.29) is 17.9 Å². The highest BCUT2D eigenvalue weighted by Crippen LogP contribution is 2.37. The first-order valence-electron chi connectivity index (χ1n) is 15.8. The van der Waals surface area contributed by atoms with Gasteiger partial charge in [0.15, 0.2) is 0 Å². The molecule has 3 aromatic carbocycles. The molecule has 1 saturated carbocycles. The van der Waals surface area contributed by atoms with Crippen molar-refractivity contribution >= 4 is 17.5 Å². The molecule has 1 heterocycles. The Hall–Kier alpha value is -3.48. The second-order valence-corrected chi connectivity index (χ2v) is 12.3. The van der Waals surface area contributed by atoms with Crippen molar-refractivity contribution in [2.75, 3.05) is 18.0 Å². The summed E-state index contributed by atoms with van der Waals surface area (Å²) in [4.78, 5) is 28.3. The van der Waals surface area contributed by atoms with Crippen LogP contribution in [0.2, 0.25) is 0 Å². The number of hydrogen-bond donors (Lipinski definition) is 3. The summed E-state index contributed by atoms with van der Waals surface area (Å²) in [7, 11) is 0. The summed E-state index contributed by atoms with van der Waals surface area (Å²) in [5.74, 6) is 0.339. The molecule has 42 heavy (non-hydrogen) atoms. The standard InChI is InChI=1S/C36H43N3O3/c40-34(24-37-32-17-8-15-27-14-6-7-16-31(27)32)33(20-25-10-2-1-3-11-25)38-36(42)29-21-28(26-12-4-5-13-26)22-30(23-29)39-19-9-18-35(39)41/h1-3,6-7,10-11,14,16,21-23,26,32-34,37,40H,4-5,8-9,12-13,15,17-20,24H2,(H,38,42)/t32?,33-,34-/m0/s1. The Morgan fingerprint density at radius 3 is 2.48 bits per heavy atom. The fourth-order valence-electron chi connectivity index (χ4n) is 7.11. The number of nitrogens with one attached hydrogen (secondary N) is 2. The molecule has 0 bridgehead atoms. The molecule has 6 rings (SSSR count). The monoisotopic (exact) mass is 565 g/mol. The lowest BCUT2D eigenvalue weighted by molar-refractivity contribution is -0.117. The number of aliphatic hydroxyl groups excluding tert-OH is 1. The molecule has 0 spiro atoms. The number of nitrogens with zero attached hydrogens (tertiary/aromatic N) is 1. The molecule has 3 aliphatic rings. The number of amides is 2. The van der Waals surface area contributed by atoms with Crippen molar-refractivity contribution in [1.29, 1.82) is 0 Å². The van der Waals surface area contributed by atoms with Gasteiger partial charge in [-0.05, 0) is 91.3 Å². The van der Waals surface area contributed by atoms with E-state index in [1.807, 2.05) is 47.4 Å². The normalized spacial score (nSPS) is 20.4. The highest BCUT2D eigenvalue weighted by molar-refractivity contribution is 5.99. The Morgan fingerprint density at radius 2 is 1.69 bits per heavy atom. The number of anilines is 1. The molecule has 1 aliphatic heterocycles. The minimum Gasteiger partial charge on any atom is -0.390 e. The molecule has 3 N–H and O–H groups in total. The van der Waals surface area contributed by atoms with Gasteiger partial charge in [0.2, 0.25) is 5.91 Å². The van der Waals surface area contributed by atoms with Gasteiger partial charge in [-0.3, -0.25) is 9.59 Å². The lowest BCUT2D eigenvalue weighted by atomic mass is 9.87. The van der Waals surface area contributed by atoms with E-state index in [9.17, 15) is 14.7 Å². The van der Waals surface area contributed by atoms with Crippen LogP contribution in [0.1, 0.15) is 95.9 Å². The minimum atomic E-state index is -0.777. The van der Waals surface area contributed by atoms with Crippen molar-refractivity contribution in [1.82, 2.24) is 10.6 Å². The Labute approximate surface area is 249 Å². The van der Waals surface area contributed by atoms with Gasteiger partial charge in [0.25, 0.3) is 5.91 Å². The van der Waals surface area contributed by atoms with Crippen LogP contribution in [-0.4, -0.2) is 42.2 Å². The molecule has 6 heteroatoms. The molecule has 220 valence electrons.